The Morgan fingerprint density at radius 3 is 2.29 bits per heavy atom. The number of likely N-dealkylation sites (N-methyl/N-ethyl adjacent to an activating group) is 1. The summed E-state index contributed by atoms with van der Waals surface area (Å²) in [4.78, 5) is 36.0. The molecule has 1 aliphatic carbocycles. The first kappa shape index (κ1) is 18.0. The second-order valence-corrected chi connectivity index (χ2v) is 6.07. The predicted octanol–water partition coefficient (Wildman–Crippen LogP) is 1.43. The first-order chi connectivity index (χ1) is 11.6. The lowest BCUT2D eigenvalue weighted by molar-refractivity contribution is -0.130. The van der Waals surface area contributed by atoms with Gasteiger partial charge in [-0.25, -0.2) is 0 Å². The molecule has 0 aliphatic heterocycles. The van der Waals surface area contributed by atoms with E-state index < -0.39 is 6.04 Å². The summed E-state index contributed by atoms with van der Waals surface area (Å²) in [6.07, 6.45) is 4.54. The summed E-state index contributed by atoms with van der Waals surface area (Å²) in [7, 11) is 1.53. The molecular weight excluding hydrogens is 306 g/mol. The van der Waals surface area contributed by atoms with E-state index in [0.29, 0.717) is 5.56 Å². The topological polar surface area (TPSA) is 87.3 Å². The van der Waals surface area contributed by atoms with Gasteiger partial charge in [0.1, 0.15) is 6.04 Å². The zero-order chi connectivity index (χ0) is 17.4. The molecule has 1 aliphatic rings. The maximum atomic E-state index is 12.1. The molecule has 2 rings (SSSR count). The molecule has 0 unspecified atom stereocenters. The number of rotatable bonds is 7. The molecule has 24 heavy (non-hydrogen) atoms. The van der Waals surface area contributed by atoms with Crippen LogP contribution in [0.1, 0.15) is 50.1 Å². The van der Waals surface area contributed by atoms with Crippen molar-refractivity contribution in [2.24, 2.45) is 0 Å². The maximum Gasteiger partial charge on any atom is 0.246 e. The van der Waals surface area contributed by atoms with Crippen molar-refractivity contribution in [2.45, 2.75) is 50.6 Å². The van der Waals surface area contributed by atoms with Crippen LogP contribution in [0.2, 0.25) is 0 Å². The number of hydrogen-bond acceptors (Lipinski definition) is 3. The van der Waals surface area contributed by atoms with E-state index in [2.05, 4.69) is 16.0 Å². The Bertz CT molecular complexity index is 568. The molecule has 1 aromatic rings. The fourth-order valence-corrected chi connectivity index (χ4v) is 2.92. The SMILES string of the molecule is CNC(=O)[C@H](NC(=O)CCC(=O)NC1CCCC1)c1ccccc1. The van der Waals surface area contributed by atoms with E-state index in [1.807, 2.05) is 18.2 Å². The Morgan fingerprint density at radius 1 is 1.04 bits per heavy atom. The summed E-state index contributed by atoms with van der Waals surface area (Å²) in [5.41, 5.74) is 0.709. The number of nitrogens with one attached hydrogen (secondary N) is 3. The fraction of sp³-hybridized carbons (Fsp3) is 0.500. The van der Waals surface area contributed by atoms with E-state index >= 15 is 0 Å². The van der Waals surface area contributed by atoms with E-state index in [1.54, 1.807) is 12.1 Å². The summed E-state index contributed by atoms with van der Waals surface area (Å²) in [5, 5.41) is 8.21. The van der Waals surface area contributed by atoms with Crippen LogP contribution in [0.3, 0.4) is 0 Å². The van der Waals surface area contributed by atoms with Gasteiger partial charge in [-0.1, -0.05) is 43.2 Å². The highest BCUT2D eigenvalue weighted by atomic mass is 16.2. The minimum absolute atomic E-state index is 0.0683. The van der Waals surface area contributed by atoms with Crippen LogP contribution < -0.4 is 16.0 Å². The number of carbonyl (C=O) groups is 3. The average molecular weight is 331 g/mol. The van der Waals surface area contributed by atoms with Gasteiger partial charge in [0.25, 0.3) is 0 Å². The lowest BCUT2D eigenvalue weighted by Crippen LogP contribution is -2.39. The highest BCUT2D eigenvalue weighted by Gasteiger charge is 2.22. The summed E-state index contributed by atoms with van der Waals surface area (Å²) >= 11 is 0. The van der Waals surface area contributed by atoms with Crippen molar-refractivity contribution in [1.82, 2.24) is 16.0 Å². The third-order valence-corrected chi connectivity index (χ3v) is 4.25. The van der Waals surface area contributed by atoms with Gasteiger partial charge in [-0.05, 0) is 18.4 Å². The van der Waals surface area contributed by atoms with Gasteiger partial charge in [-0.3, -0.25) is 14.4 Å². The summed E-state index contributed by atoms with van der Waals surface area (Å²) in [6, 6.07) is 8.54. The van der Waals surface area contributed by atoms with Crippen LogP contribution in [0, 0.1) is 0 Å². The van der Waals surface area contributed by atoms with Gasteiger partial charge >= 0.3 is 0 Å². The van der Waals surface area contributed by atoms with Gasteiger partial charge in [-0.15, -0.1) is 0 Å². The molecular formula is C18H25N3O3. The average Bonchev–Trinajstić information content (AvgIpc) is 3.11. The van der Waals surface area contributed by atoms with Crippen molar-refractivity contribution in [3.63, 3.8) is 0 Å². The Labute approximate surface area is 142 Å². The van der Waals surface area contributed by atoms with Gasteiger partial charge < -0.3 is 16.0 Å². The van der Waals surface area contributed by atoms with Crippen molar-refractivity contribution < 1.29 is 14.4 Å². The van der Waals surface area contributed by atoms with Crippen molar-refractivity contribution in [3.05, 3.63) is 35.9 Å². The fourth-order valence-electron chi connectivity index (χ4n) is 2.92. The first-order valence-electron chi connectivity index (χ1n) is 8.45. The van der Waals surface area contributed by atoms with Crippen LogP contribution in [-0.4, -0.2) is 30.8 Å². The molecule has 3 N–H and O–H groups in total. The van der Waals surface area contributed by atoms with Crippen LogP contribution in [0.25, 0.3) is 0 Å². The molecule has 1 saturated carbocycles. The van der Waals surface area contributed by atoms with Crippen LogP contribution in [-0.2, 0) is 14.4 Å². The molecule has 1 atom stereocenters. The first-order valence-corrected chi connectivity index (χ1v) is 8.45. The molecule has 1 fully saturated rings. The Hall–Kier alpha value is -2.37. The summed E-state index contributed by atoms with van der Waals surface area (Å²) < 4.78 is 0. The van der Waals surface area contributed by atoms with Crippen LogP contribution in [0.15, 0.2) is 30.3 Å². The van der Waals surface area contributed by atoms with Crippen molar-refractivity contribution in [1.29, 1.82) is 0 Å². The molecule has 0 bridgehead atoms. The van der Waals surface area contributed by atoms with Crippen molar-refractivity contribution in [3.8, 4) is 0 Å². The molecule has 3 amide bonds. The van der Waals surface area contributed by atoms with Gasteiger partial charge in [0.15, 0.2) is 0 Å². The van der Waals surface area contributed by atoms with Gasteiger partial charge in [0.05, 0.1) is 0 Å². The molecule has 6 nitrogen and oxygen atoms in total. The van der Waals surface area contributed by atoms with Crippen molar-refractivity contribution in [2.75, 3.05) is 7.05 Å². The Morgan fingerprint density at radius 2 is 1.67 bits per heavy atom. The van der Waals surface area contributed by atoms with E-state index in [9.17, 15) is 14.4 Å². The third-order valence-electron chi connectivity index (χ3n) is 4.25. The lowest BCUT2D eigenvalue weighted by Gasteiger charge is -2.18. The van der Waals surface area contributed by atoms with Gasteiger partial charge in [-0.2, -0.15) is 0 Å². The zero-order valence-electron chi connectivity index (χ0n) is 14.0. The number of benzene rings is 1. The zero-order valence-corrected chi connectivity index (χ0v) is 14.0. The van der Waals surface area contributed by atoms with E-state index in [-0.39, 0.29) is 36.6 Å². The highest BCUT2D eigenvalue weighted by Crippen LogP contribution is 2.18. The lowest BCUT2D eigenvalue weighted by atomic mass is 10.1. The third kappa shape index (κ3) is 5.37. The minimum atomic E-state index is -0.749. The Kier molecular flexibility index (Phi) is 6.78. The summed E-state index contributed by atoms with van der Waals surface area (Å²) in [6.45, 7) is 0. The van der Waals surface area contributed by atoms with Crippen LogP contribution in [0.5, 0.6) is 0 Å². The highest BCUT2D eigenvalue weighted by molar-refractivity contribution is 5.90. The molecule has 0 spiro atoms. The van der Waals surface area contributed by atoms with Gasteiger partial charge in [0, 0.05) is 25.9 Å². The number of carbonyl (C=O) groups excluding carboxylic acids is 3. The molecule has 130 valence electrons. The second kappa shape index (κ2) is 9.05. The normalized spacial score (nSPS) is 15.5. The Balaban J connectivity index is 1.84. The second-order valence-electron chi connectivity index (χ2n) is 6.07. The molecule has 0 aromatic heterocycles. The standard InChI is InChI=1S/C18H25N3O3/c1-19-18(24)17(13-7-3-2-4-8-13)21-16(23)12-11-15(22)20-14-9-5-6-10-14/h2-4,7-8,14,17H,5-6,9-12H2,1H3,(H,19,24)(H,20,22)(H,21,23)/t17-/m1/s1. The molecule has 0 radical (unpaired) electrons. The number of hydrogen-bond donors (Lipinski definition) is 3. The minimum Gasteiger partial charge on any atom is -0.357 e. The molecule has 0 heterocycles. The number of amides is 3. The van der Waals surface area contributed by atoms with E-state index in [4.69, 9.17) is 0 Å². The molecule has 1 aromatic carbocycles. The smallest absolute Gasteiger partial charge is 0.246 e. The van der Waals surface area contributed by atoms with Crippen molar-refractivity contribution >= 4 is 17.7 Å². The monoisotopic (exact) mass is 331 g/mol. The predicted molar refractivity (Wildman–Crippen MR) is 91.0 cm³/mol. The van der Waals surface area contributed by atoms with Crippen LogP contribution >= 0.6 is 0 Å². The maximum absolute atomic E-state index is 12.1. The quantitative estimate of drug-likeness (QED) is 0.706. The van der Waals surface area contributed by atoms with Gasteiger partial charge in [0.2, 0.25) is 17.7 Å². The summed E-state index contributed by atoms with van der Waals surface area (Å²) in [5.74, 6) is -0.702. The largest absolute Gasteiger partial charge is 0.357 e. The molecule has 6 heteroatoms. The van der Waals surface area contributed by atoms with E-state index in [0.717, 1.165) is 25.7 Å². The van der Waals surface area contributed by atoms with Crippen LogP contribution in [0.4, 0.5) is 0 Å². The molecule has 0 saturated heterocycles. The van der Waals surface area contributed by atoms with E-state index in [1.165, 1.54) is 7.05 Å².